The first-order valence-corrected chi connectivity index (χ1v) is 4.10. The fourth-order valence-corrected chi connectivity index (χ4v) is 1.13. The van der Waals surface area contributed by atoms with Gasteiger partial charge in [0.2, 0.25) is 0 Å². The minimum atomic E-state index is -0.690. The van der Waals surface area contributed by atoms with Crippen LogP contribution in [-0.2, 0) is 4.79 Å². The topological polar surface area (TPSA) is 62.7 Å². The molecule has 1 aromatic carbocycles. The molecule has 1 rings (SSSR count). The Morgan fingerprint density at radius 1 is 1.43 bits per heavy atom. The summed E-state index contributed by atoms with van der Waals surface area (Å²) in [4.78, 5) is 13.6. The predicted octanol–water partition coefficient (Wildman–Crippen LogP) is 1.51. The second-order valence-corrected chi connectivity index (χ2v) is 2.89. The molecule has 0 radical (unpaired) electrons. The van der Waals surface area contributed by atoms with Gasteiger partial charge in [0.15, 0.2) is 0 Å². The zero-order valence-electron chi connectivity index (χ0n) is 8.02. The summed E-state index contributed by atoms with van der Waals surface area (Å²) in [6.45, 7) is 3.68. The van der Waals surface area contributed by atoms with Crippen molar-refractivity contribution in [1.82, 2.24) is 0 Å². The average molecular weight is 190 g/mol. The maximum absolute atomic E-state index is 11.0. The molecule has 0 aliphatic rings. The van der Waals surface area contributed by atoms with Gasteiger partial charge in [-0.15, -0.1) is 0 Å². The number of carbonyl (C=O) groups excluding carboxylic acids is 1. The summed E-state index contributed by atoms with van der Waals surface area (Å²) >= 11 is 0. The van der Waals surface area contributed by atoms with Crippen molar-refractivity contribution in [2.45, 2.75) is 13.8 Å². The van der Waals surface area contributed by atoms with Crippen LogP contribution in [0, 0.1) is 13.8 Å². The number of rotatable bonds is 2. The van der Waals surface area contributed by atoms with Crippen LogP contribution < -0.4 is 4.74 Å². The van der Waals surface area contributed by atoms with Crippen molar-refractivity contribution in [2.24, 2.45) is 0 Å². The molecular weight excluding hydrogens is 180 g/mol. The van der Waals surface area contributed by atoms with Gasteiger partial charge in [-0.3, -0.25) is 0 Å². The van der Waals surface area contributed by atoms with Crippen LogP contribution in [0.4, 0.5) is 0 Å². The van der Waals surface area contributed by atoms with Gasteiger partial charge >= 0.3 is 12.2 Å². The molecule has 0 aromatic heterocycles. The van der Waals surface area contributed by atoms with Crippen molar-refractivity contribution in [3.05, 3.63) is 34.9 Å². The Morgan fingerprint density at radius 2 is 2.00 bits per heavy atom. The molecule has 4 heteroatoms. The highest BCUT2D eigenvalue weighted by Crippen LogP contribution is 2.21. The van der Waals surface area contributed by atoms with Gasteiger partial charge in [0, 0.05) is 0 Å². The first-order chi connectivity index (χ1) is 6.65. The van der Waals surface area contributed by atoms with Gasteiger partial charge in [-0.1, -0.05) is 18.2 Å². The first kappa shape index (κ1) is 10.2. The van der Waals surface area contributed by atoms with E-state index in [9.17, 15) is 4.79 Å². The van der Waals surface area contributed by atoms with E-state index in [4.69, 9.17) is 10.3 Å². The van der Waals surface area contributed by atoms with Crippen molar-refractivity contribution in [3.8, 4) is 5.75 Å². The Hall–Kier alpha value is -1.93. The summed E-state index contributed by atoms with van der Waals surface area (Å²) in [5.41, 5.74) is 9.85. The van der Waals surface area contributed by atoms with Crippen molar-refractivity contribution < 1.29 is 14.3 Å². The lowest BCUT2D eigenvalue weighted by Gasteiger charge is -2.06. The molecule has 0 aliphatic heterocycles. The van der Waals surface area contributed by atoms with Crippen LogP contribution in [0.3, 0.4) is 0 Å². The van der Waals surface area contributed by atoms with Crippen molar-refractivity contribution >= 4 is 12.2 Å². The zero-order chi connectivity index (χ0) is 10.6. The molecule has 0 unspecified atom stereocenters. The van der Waals surface area contributed by atoms with Gasteiger partial charge in [-0.05, 0) is 25.0 Å². The summed E-state index contributed by atoms with van der Waals surface area (Å²) in [5.74, 6) is -0.178. The van der Waals surface area contributed by atoms with Crippen LogP contribution in [0.1, 0.15) is 11.1 Å². The van der Waals surface area contributed by atoms with Crippen LogP contribution in [-0.4, -0.2) is 17.0 Å². The third kappa shape index (κ3) is 2.28. The van der Waals surface area contributed by atoms with E-state index in [0.717, 1.165) is 11.1 Å². The van der Waals surface area contributed by atoms with Gasteiger partial charge in [-0.2, -0.15) is 4.79 Å². The van der Waals surface area contributed by atoms with Gasteiger partial charge in [-0.25, -0.2) is 4.79 Å². The van der Waals surface area contributed by atoms with Crippen LogP contribution in [0.25, 0.3) is 5.53 Å². The van der Waals surface area contributed by atoms with E-state index >= 15 is 0 Å². The quantitative estimate of drug-likeness (QED) is 0.233. The minimum absolute atomic E-state index is 0.511. The smallest absolute Gasteiger partial charge is 0.418 e. The van der Waals surface area contributed by atoms with Gasteiger partial charge in [0.1, 0.15) is 5.75 Å². The van der Waals surface area contributed by atoms with Crippen molar-refractivity contribution in [3.63, 3.8) is 0 Å². The highest BCUT2D eigenvalue weighted by Gasteiger charge is 2.09. The third-order valence-corrected chi connectivity index (χ3v) is 1.77. The van der Waals surface area contributed by atoms with Crippen molar-refractivity contribution in [2.75, 3.05) is 0 Å². The van der Waals surface area contributed by atoms with E-state index in [1.165, 1.54) is 0 Å². The molecule has 1 aromatic rings. The zero-order valence-corrected chi connectivity index (χ0v) is 8.02. The molecule has 0 saturated heterocycles. The summed E-state index contributed by atoms with van der Waals surface area (Å²) in [6.07, 6.45) is 0.714. The molecule has 0 amide bonds. The summed E-state index contributed by atoms with van der Waals surface area (Å²) in [6, 6.07) is 5.56. The lowest BCUT2D eigenvalue weighted by atomic mass is 10.1. The summed E-state index contributed by atoms with van der Waals surface area (Å²) < 4.78 is 4.97. The van der Waals surface area contributed by atoms with E-state index < -0.39 is 5.97 Å². The van der Waals surface area contributed by atoms with Crippen LogP contribution in [0.5, 0.6) is 5.75 Å². The van der Waals surface area contributed by atoms with Crippen LogP contribution in [0.15, 0.2) is 18.2 Å². The monoisotopic (exact) mass is 190 g/mol. The Kier molecular flexibility index (Phi) is 3.15. The number of hydrogen-bond donors (Lipinski definition) is 0. The highest BCUT2D eigenvalue weighted by molar-refractivity contribution is 6.21. The predicted molar refractivity (Wildman–Crippen MR) is 51.2 cm³/mol. The largest absolute Gasteiger partial charge is 0.419 e. The molecule has 0 N–H and O–H groups in total. The molecule has 0 heterocycles. The normalized spacial score (nSPS) is 9.00. The maximum atomic E-state index is 11.0. The SMILES string of the molecule is Cc1cccc(C)c1OC(=O)C=[N+]=[N-]. The standard InChI is InChI=1S/C10H10N2O2/c1-7-4-3-5-8(2)10(7)14-9(13)6-12-11/h3-6H,1-2H3. The van der Waals surface area contributed by atoms with E-state index in [0.29, 0.717) is 12.0 Å². The molecule has 0 fully saturated rings. The number of benzene rings is 1. The molecule has 4 nitrogen and oxygen atoms in total. The third-order valence-electron chi connectivity index (χ3n) is 1.77. The van der Waals surface area contributed by atoms with Crippen molar-refractivity contribution in [1.29, 1.82) is 0 Å². The summed E-state index contributed by atoms with van der Waals surface area (Å²) in [5, 5.41) is 0. The van der Waals surface area contributed by atoms with Gasteiger partial charge < -0.3 is 10.3 Å². The maximum Gasteiger partial charge on any atom is 0.419 e. The highest BCUT2D eigenvalue weighted by atomic mass is 16.5. The Morgan fingerprint density at radius 3 is 2.50 bits per heavy atom. The van der Waals surface area contributed by atoms with E-state index in [1.54, 1.807) is 0 Å². The Bertz CT molecular complexity index is 386. The number of hydrogen-bond acceptors (Lipinski definition) is 2. The number of para-hydroxylation sites is 1. The molecule has 14 heavy (non-hydrogen) atoms. The second kappa shape index (κ2) is 4.35. The second-order valence-electron chi connectivity index (χ2n) is 2.89. The number of nitrogens with zero attached hydrogens (tertiary/aromatic N) is 2. The van der Waals surface area contributed by atoms with E-state index in [-0.39, 0.29) is 0 Å². The molecule has 0 spiro atoms. The number of carbonyl (C=O) groups is 1. The molecular formula is C10H10N2O2. The first-order valence-electron chi connectivity index (χ1n) is 4.10. The molecule has 0 bridgehead atoms. The molecule has 72 valence electrons. The van der Waals surface area contributed by atoms with Gasteiger partial charge in [0.05, 0.1) is 0 Å². The number of esters is 1. The summed E-state index contributed by atoms with van der Waals surface area (Å²) in [7, 11) is 0. The lowest BCUT2D eigenvalue weighted by Crippen LogP contribution is -2.11. The number of ether oxygens (including phenoxy) is 1. The fraction of sp³-hybridized carbons (Fsp3) is 0.200. The van der Waals surface area contributed by atoms with E-state index in [2.05, 4.69) is 4.79 Å². The Balaban J connectivity index is 2.96. The molecule has 0 atom stereocenters. The fourth-order valence-electron chi connectivity index (χ4n) is 1.13. The average Bonchev–Trinajstić information content (AvgIpc) is 2.12. The van der Waals surface area contributed by atoms with Crippen LogP contribution >= 0.6 is 0 Å². The molecule has 0 saturated carbocycles. The number of aryl methyl sites for hydroxylation is 2. The minimum Gasteiger partial charge on any atom is -0.418 e. The van der Waals surface area contributed by atoms with E-state index in [1.807, 2.05) is 32.0 Å². The molecule has 0 aliphatic carbocycles. The lowest BCUT2D eigenvalue weighted by molar-refractivity contribution is -0.130. The Labute approximate surface area is 81.7 Å². The van der Waals surface area contributed by atoms with Crippen LogP contribution in [0.2, 0.25) is 0 Å². The van der Waals surface area contributed by atoms with Gasteiger partial charge in [0.25, 0.3) is 0 Å².